The molecule has 0 radical (unpaired) electrons. The van der Waals surface area contributed by atoms with E-state index in [1.54, 1.807) is 18.7 Å². The first-order valence-corrected chi connectivity index (χ1v) is 6.82. The standard InChI is InChI=1S/C14H18N6/c1-12-8-14(18-11-17-12)20-6-4-19(5-7-20)10-13-9-15-2-3-16-13/h2-3,8-9,11H,4-7,10H2,1H3. The summed E-state index contributed by atoms with van der Waals surface area (Å²) in [6, 6.07) is 2.04. The summed E-state index contributed by atoms with van der Waals surface area (Å²) in [5.74, 6) is 1.02. The van der Waals surface area contributed by atoms with E-state index in [1.807, 2.05) is 19.2 Å². The minimum Gasteiger partial charge on any atom is -0.354 e. The van der Waals surface area contributed by atoms with Crippen molar-refractivity contribution in [2.75, 3.05) is 31.1 Å². The second kappa shape index (κ2) is 5.92. The van der Waals surface area contributed by atoms with Crippen LogP contribution < -0.4 is 4.90 Å². The molecule has 0 unspecified atom stereocenters. The highest BCUT2D eigenvalue weighted by Gasteiger charge is 2.18. The van der Waals surface area contributed by atoms with E-state index in [2.05, 4.69) is 29.7 Å². The van der Waals surface area contributed by atoms with Gasteiger partial charge in [0.05, 0.1) is 5.69 Å². The number of anilines is 1. The molecule has 0 spiro atoms. The molecule has 6 nitrogen and oxygen atoms in total. The van der Waals surface area contributed by atoms with Gasteiger partial charge in [0.15, 0.2) is 0 Å². The predicted octanol–water partition coefficient (Wildman–Crippen LogP) is 0.897. The Balaban J connectivity index is 1.57. The Morgan fingerprint density at radius 2 is 1.90 bits per heavy atom. The molecule has 0 aliphatic carbocycles. The third-order valence-electron chi connectivity index (χ3n) is 3.49. The topological polar surface area (TPSA) is 58.0 Å². The molecule has 1 aliphatic heterocycles. The van der Waals surface area contributed by atoms with E-state index >= 15 is 0 Å². The largest absolute Gasteiger partial charge is 0.354 e. The summed E-state index contributed by atoms with van der Waals surface area (Å²) < 4.78 is 0. The van der Waals surface area contributed by atoms with Crippen molar-refractivity contribution < 1.29 is 0 Å². The van der Waals surface area contributed by atoms with Crippen LogP contribution in [0.1, 0.15) is 11.4 Å². The van der Waals surface area contributed by atoms with Crippen molar-refractivity contribution in [1.29, 1.82) is 0 Å². The summed E-state index contributed by atoms with van der Waals surface area (Å²) in [6.07, 6.45) is 6.92. The Hall–Kier alpha value is -2.08. The van der Waals surface area contributed by atoms with Crippen molar-refractivity contribution >= 4 is 5.82 Å². The van der Waals surface area contributed by atoms with Crippen LogP contribution in [0.3, 0.4) is 0 Å². The molecule has 0 N–H and O–H groups in total. The van der Waals surface area contributed by atoms with Crippen LogP contribution in [0.5, 0.6) is 0 Å². The van der Waals surface area contributed by atoms with Crippen molar-refractivity contribution in [3.8, 4) is 0 Å². The highest BCUT2D eigenvalue weighted by atomic mass is 15.3. The number of aryl methyl sites for hydroxylation is 1. The monoisotopic (exact) mass is 270 g/mol. The number of nitrogens with zero attached hydrogens (tertiary/aromatic N) is 6. The zero-order valence-corrected chi connectivity index (χ0v) is 11.6. The Morgan fingerprint density at radius 1 is 1.05 bits per heavy atom. The molecule has 1 fully saturated rings. The second-order valence-electron chi connectivity index (χ2n) is 4.98. The number of rotatable bonds is 3. The molecule has 1 aliphatic rings. The predicted molar refractivity (Wildman–Crippen MR) is 76.3 cm³/mol. The molecule has 3 heterocycles. The van der Waals surface area contributed by atoms with Gasteiger partial charge in [-0.15, -0.1) is 0 Å². The molecule has 0 saturated carbocycles. The summed E-state index contributed by atoms with van der Waals surface area (Å²) in [6.45, 7) is 6.85. The highest BCUT2D eigenvalue weighted by molar-refractivity contribution is 5.39. The third kappa shape index (κ3) is 3.08. The van der Waals surface area contributed by atoms with Gasteiger partial charge in [-0.05, 0) is 6.92 Å². The van der Waals surface area contributed by atoms with Gasteiger partial charge in [0.2, 0.25) is 0 Å². The number of aromatic nitrogens is 4. The Morgan fingerprint density at radius 3 is 2.60 bits per heavy atom. The Bertz CT molecular complexity index is 551. The fourth-order valence-corrected chi connectivity index (χ4v) is 2.39. The second-order valence-corrected chi connectivity index (χ2v) is 4.98. The molecule has 6 heteroatoms. The Labute approximate surface area is 118 Å². The molecular weight excluding hydrogens is 252 g/mol. The average Bonchev–Trinajstić information content (AvgIpc) is 2.49. The van der Waals surface area contributed by atoms with Crippen LogP contribution in [0.25, 0.3) is 0 Å². The number of hydrogen-bond acceptors (Lipinski definition) is 6. The smallest absolute Gasteiger partial charge is 0.132 e. The lowest BCUT2D eigenvalue weighted by Crippen LogP contribution is -2.46. The summed E-state index contributed by atoms with van der Waals surface area (Å²) in [5.41, 5.74) is 2.04. The number of piperazine rings is 1. The summed E-state index contributed by atoms with van der Waals surface area (Å²) in [5, 5.41) is 0. The minimum absolute atomic E-state index is 0.866. The lowest BCUT2D eigenvalue weighted by atomic mass is 10.3. The van der Waals surface area contributed by atoms with Gasteiger partial charge in [0.1, 0.15) is 12.1 Å². The van der Waals surface area contributed by atoms with Crippen LogP contribution in [0.15, 0.2) is 31.0 Å². The van der Waals surface area contributed by atoms with Gasteiger partial charge < -0.3 is 4.90 Å². The Kier molecular flexibility index (Phi) is 3.83. The van der Waals surface area contributed by atoms with Gasteiger partial charge in [-0.1, -0.05) is 0 Å². The molecular formula is C14H18N6. The molecule has 20 heavy (non-hydrogen) atoms. The van der Waals surface area contributed by atoms with E-state index in [0.29, 0.717) is 0 Å². The van der Waals surface area contributed by atoms with Gasteiger partial charge in [-0.2, -0.15) is 0 Å². The molecule has 2 aromatic heterocycles. The minimum atomic E-state index is 0.866. The fourth-order valence-electron chi connectivity index (χ4n) is 2.39. The van der Waals surface area contributed by atoms with Crippen molar-refractivity contribution in [3.63, 3.8) is 0 Å². The van der Waals surface area contributed by atoms with Crippen molar-refractivity contribution in [3.05, 3.63) is 42.4 Å². The lowest BCUT2D eigenvalue weighted by Gasteiger charge is -2.35. The quantitative estimate of drug-likeness (QED) is 0.826. The van der Waals surface area contributed by atoms with Crippen molar-refractivity contribution in [1.82, 2.24) is 24.8 Å². The third-order valence-corrected chi connectivity index (χ3v) is 3.49. The van der Waals surface area contributed by atoms with Gasteiger partial charge in [-0.25, -0.2) is 9.97 Å². The first-order valence-electron chi connectivity index (χ1n) is 6.82. The zero-order valence-electron chi connectivity index (χ0n) is 11.6. The van der Waals surface area contributed by atoms with Gasteiger partial charge in [-0.3, -0.25) is 14.9 Å². The van der Waals surface area contributed by atoms with Gasteiger partial charge >= 0.3 is 0 Å². The average molecular weight is 270 g/mol. The van der Waals surface area contributed by atoms with Crippen LogP contribution in [-0.4, -0.2) is 51.0 Å². The van der Waals surface area contributed by atoms with E-state index in [4.69, 9.17) is 0 Å². The van der Waals surface area contributed by atoms with Gasteiger partial charge in [0.25, 0.3) is 0 Å². The number of hydrogen-bond donors (Lipinski definition) is 0. The molecule has 3 rings (SSSR count). The van der Waals surface area contributed by atoms with Crippen LogP contribution in [-0.2, 0) is 6.54 Å². The molecule has 2 aromatic rings. The first-order chi connectivity index (χ1) is 9.81. The van der Waals surface area contributed by atoms with Crippen molar-refractivity contribution in [2.45, 2.75) is 13.5 Å². The highest BCUT2D eigenvalue weighted by Crippen LogP contribution is 2.14. The lowest BCUT2D eigenvalue weighted by molar-refractivity contribution is 0.246. The summed E-state index contributed by atoms with van der Waals surface area (Å²) in [4.78, 5) is 21.6. The molecule has 0 amide bonds. The van der Waals surface area contributed by atoms with Crippen LogP contribution in [0.4, 0.5) is 5.82 Å². The normalized spacial score (nSPS) is 16.4. The molecule has 0 aromatic carbocycles. The maximum absolute atomic E-state index is 4.35. The van der Waals surface area contributed by atoms with Gasteiger partial charge in [0, 0.05) is 63.1 Å². The van der Waals surface area contributed by atoms with Crippen LogP contribution in [0, 0.1) is 6.92 Å². The molecule has 104 valence electrons. The van der Waals surface area contributed by atoms with Crippen LogP contribution >= 0.6 is 0 Å². The van der Waals surface area contributed by atoms with E-state index in [0.717, 1.165) is 49.9 Å². The maximum atomic E-state index is 4.35. The summed E-state index contributed by atoms with van der Waals surface area (Å²) >= 11 is 0. The van der Waals surface area contributed by atoms with E-state index in [1.165, 1.54) is 0 Å². The van der Waals surface area contributed by atoms with E-state index < -0.39 is 0 Å². The first kappa shape index (κ1) is 12.9. The van der Waals surface area contributed by atoms with E-state index in [9.17, 15) is 0 Å². The SMILES string of the molecule is Cc1cc(N2CCN(Cc3cnccn3)CC2)ncn1. The molecule has 0 atom stereocenters. The summed E-state index contributed by atoms with van der Waals surface area (Å²) in [7, 11) is 0. The zero-order chi connectivity index (χ0) is 13.8. The fraction of sp³-hybridized carbons (Fsp3) is 0.429. The van der Waals surface area contributed by atoms with Crippen LogP contribution in [0.2, 0.25) is 0 Å². The van der Waals surface area contributed by atoms with E-state index in [-0.39, 0.29) is 0 Å². The molecule has 1 saturated heterocycles. The van der Waals surface area contributed by atoms with Crippen molar-refractivity contribution in [2.24, 2.45) is 0 Å². The maximum Gasteiger partial charge on any atom is 0.132 e. The molecule has 0 bridgehead atoms.